The van der Waals surface area contributed by atoms with Crippen LogP contribution in [0.25, 0.3) is 0 Å². The fraction of sp³-hybridized carbons (Fsp3) is 0.222. The highest BCUT2D eigenvalue weighted by Crippen LogP contribution is 2.27. The average molecular weight is 344 g/mol. The Kier molecular flexibility index (Phi) is 5.97. The molecule has 0 aromatic heterocycles. The van der Waals surface area contributed by atoms with Gasteiger partial charge >= 0.3 is 0 Å². The highest BCUT2D eigenvalue weighted by molar-refractivity contribution is 6.05. The van der Waals surface area contributed by atoms with Gasteiger partial charge in [-0.15, -0.1) is 0 Å². The van der Waals surface area contributed by atoms with Gasteiger partial charge in [0.1, 0.15) is 0 Å². The number of nitrogens with zero attached hydrogens (tertiary/aromatic N) is 1. The summed E-state index contributed by atoms with van der Waals surface area (Å²) >= 11 is 0. The molecular formula is C18H20N2O5. The number of amides is 2. The zero-order valence-electron chi connectivity index (χ0n) is 14.5. The lowest BCUT2D eigenvalue weighted by atomic mass is 10.1. The zero-order chi connectivity index (χ0) is 18.4. The van der Waals surface area contributed by atoms with Crippen LogP contribution in [-0.4, -0.2) is 45.3 Å². The number of hydrogen-bond acceptors (Lipinski definition) is 5. The van der Waals surface area contributed by atoms with Crippen molar-refractivity contribution in [3.05, 3.63) is 53.6 Å². The Morgan fingerprint density at radius 1 is 0.880 bits per heavy atom. The summed E-state index contributed by atoms with van der Waals surface area (Å²) in [6, 6.07) is 11.4. The highest BCUT2D eigenvalue weighted by Gasteiger charge is 2.13. The molecule has 2 aromatic carbocycles. The predicted octanol–water partition coefficient (Wildman–Crippen LogP) is 2.59. The maximum Gasteiger partial charge on any atom is 0.277 e. The lowest BCUT2D eigenvalue weighted by molar-refractivity contribution is -0.0756. The zero-order valence-corrected chi connectivity index (χ0v) is 14.5. The SMILES string of the molecule is COc1ccc(C(=O)Nc2ccc(C(=O)N(C)OC)cc2)cc1OC. The molecule has 2 aromatic rings. The molecule has 7 heteroatoms. The molecule has 0 aliphatic carbocycles. The van der Waals surface area contributed by atoms with Crippen LogP contribution in [-0.2, 0) is 4.84 Å². The minimum absolute atomic E-state index is 0.278. The standard InChI is InChI=1S/C18H20N2O5/c1-20(25-4)18(22)12-5-8-14(9-6-12)19-17(21)13-7-10-15(23-2)16(11-13)24-3/h5-11H,1-4H3,(H,19,21). The van der Waals surface area contributed by atoms with Gasteiger partial charge in [-0.1, -0.05) is 0 Å². The Morgan fingerprint density at radius 2 is 1.48 bits per heavy atom. The molecule has 0 atom stereocenters. The van der Waals surface area contributed by atoms with Crippen LogP contribution in [0.5, 0.6) is 11.5 Å². The third-order valence-corrected chi connectivity index (χ3v) is 3.60. The van der Waals surface area contributed by atoms with Gasteiger partial charge in [0.25, 0.3) is 11.8 Å². The van der Waals surface area contributed by atoms with Gasteiger partial charge in [0.05, 0.1) is 21.3 Å². The maximum absolute atomic E-state index is 12.4. The first-order chi connectivity index (χ1) is 12.0. The Balaban J connectivity index is 2.12. The van der Waals surface area contributed by atoms with Crippen molar-refractivity contribution in [2.45, 2.75) is 0 Å². The summed E-state index contributed by atoms with van der Waals surface area (Å²) in [5, 5.41) is 3.89. The molecule has 0 aliphatic heterocycles. The van der Waals surface area contributed by atoms with E-state index in [-0.39, 0.29) is 11.8 Å². The van der Waals surface area contributed by atoms with Crippen molar-refractivity contribution in [2.24, 2.45) is 0 Å². The van der Waals surface area contributed by atoms with Crippen LogP contribution in [0.15, 0.2) is 42.5 Å². The number of methoxy groups -OCH3 is 2. The summed E-state index contributed by atoms with van der Waals surface area (Å²) in [7, 11) is 5.97. The number of rotatable bonds is 6. The van der Waals surface area contributed by atoms with Crippen LogP contribution in [0.1, 0.15) is 20.7 Å². The molecule has 0 fully saturated rings. The van der Waals surface area contributed by atoms with Gasteiger partial charge in [-0.3, -0.25) is 14.4 Å². The fourth-order valence-corrected chi connectivity index (χ4v) is 2.14. The quantitative estimate of drug-likeness (QED) is 0.815. The highest BCUT2D eigenvalue weighted by atomic mass is 16.7. The lowest BCUT2D eigenvalue weighted by Gasteiger charge is -2.14. The summed E-state index contributed by atoms with van der Waals surface area (Å²) in [5.41, 5.74) is 1.45. The Hall–Kier alpha value is -3.06. The molecule has 132 valence electrons. The third-order valence-electron chi connectivity index (χ3n) is 3.60. The number of ether oxygens (including phenoxy) is 2. The largest absolute Gasteiger partial charge is 0.493 e. The molecule has 0 spiro atoms. The van der Waals surface area contributed by atoms with E-state index in [1.165, 1.54) is 28.4 Å². The molecular weight excluding hydrogens is 324 g/mol. The smallest absolute Gasteiger partial charge is 0.277 e. The summed E-state index contributed by atoms with van der Waals surface area (Å²) in [6.07, 6.45) is 0. The second kappa shape index (κ2) is 8.16. The molecule has 0 heterocycles. The number of hydrogen-bond donors (Lipinski definition) is 1. The van der Waals surface area contributed by atoms with Crippen molar-refractivity contribution in [1.29, 1.82) is 0 Å². The second-order valence-electron chi connectivity index (χ2n) is 5.09. The summed E-state index contributed by atoms with van der Waals surface area (Å²) in [4.78, 5) is 29.2. The monoisotopic (exact) mass is 344 g/mol. The van der Waals surface area contributed by atoms with Crippen molar-refractivity contribution in [1.82, 2.24) is 5.06 Å². The van der Waals surface area contributed by atoms with Crippen LogP contribution in [0.4, 0.5) is 5.69 Å². The summed E-state index contributed by atoms with van der Waals surface area (Å²) in [6.45, 7) is 0. The van der Waals surface area contributed by atoms with E-state index in [0.717, 1.165) is 5.06 Å². The van der Waals surface area contributed by atoms with E-state index < -0.39 is 0 Å². The van der Waals surface area contributed by atoms with Gasteiger partial charge in [-0.2, -0.15) is 0 Å². The van der Waals surface area contributed by atoms with Crippen molar-refractivity contribution >= 4 is 17.5 Å². The van der Waals surface area contributed by atoms with Gasteiger partial charge < -0.3 is 14.8 Å². The third kappa shape index (κ3) is 4.27. The number of benzene rings is 2. The number of hydroxylamine groups is 2. The first-order valence-electron chi connectivity index (χ1n) is 7.45. The topological polar surface area (TPSA) is 77.1 Å². The molecule has 2 rings (SSSR count). The molecule has 7 nitrogen and oxygen atoms in total. The molecule has 0 bridgehead atoms. The van der Waals surface area contributed by atoms with E-state index >= 15 is 0 Å². The van der Waals surface area contributed by atoms with Crippen LogP contribution in [0.3, 0.4) is 0 Å². The van der Waals surface area contributed by atoms with E-state index in [0.29, 0.717) is 28.3 Å². The number of anilines is 1. The molecule has 1 N–H and O–H groups in total. The van der Waals surface area contributed by atoms with Gasteiger partial charge in [0.2, 0.25) is 0 Å². The van der Waals surface area contributed by atoms with Crippen LogP contribution < -0.4 is 14.8 Å². The van der Waals surface area contributed by atoms with E-state index in [2.05, 4.69) is 5.32 Å². The number of carbonyl (C=O) groups excluding carboxylic acids is 2. The fourth-order valence-electron chi connectivity index (χ4n) is 2.14. The van der Waals surface area contributed by atoms with Gasteiger partial charge in [-0.25, -0.2) is 5.06 Å². The molecule has 0 aliphatic rings. The van der Waals surface area contributed by atoms with Gasteiger partial charge in [0, 0.05) is 23.9 Å². The van der Waals surface area contributed by atoms with Crippen LogP contribution >= 0.6 is 0 Å². The summed E-state index contributed by atoms with van der Waals surface area (Å²) < 4.78 is 10.3. The van der Waals surface area contributed by atoms with E-state index in [4.69, 9.17) is 14.3 Å². The Morgan fingerprint density at radius 3 is 2.04 bits per heavy atom. The first kappa shape index (κ1) is 18.3. The molecule has 0 unspecified atom stereocenters. The van der Waals surface area contributed by atoms with Crippen molar-refractivity contribution in [2.75, 3.05) is 33.7 Å². The normalized spacial score (nSPS) is 10.1. The number of carbonyl (C=O) groups is 2. The predicted molar refractivity (Wildman–Crippen MR) is 93.0 cm³/mol. The average Bonchev–Trinajstić information content (AvgIpc) is 2.66. The minimum Gasteiger partial charge on any atom is -0.493 e. The summed E-state index contributed by atoms with van der Waals surface area (Å²) in [5.74, 6) is 0.442. The van der Waals surface area contributed by atoms with Crippen LogP contribution in [0, 0.1) is 0 Å². The maximum atomic E-state index is 12.4. The van der Waals surface area contributed by atoms with Gasteiger partial charge in [-0.05, 0) is 42.5 Å². The Labute approximate surface area is 146 Å². The van der Waals surface area contributed by atoms with E-state index in [1.807, 2.05) is 0 Å². The van der Waals surface area contributed by atoms with Gasteiger partial charge in [0.15, 0.2) is 11.5 Å². The second-order valence-corrected chi connectivity index (χ2v) is 5.09. The van der Waals surface area contributed by atoms with E-state index in [9.17, 15) is 9.59 Å². The molecule has 0 radical (unpaired) electrons. The van der Waals surface area contributed by atoms with Crippen molar-refractivity contribution in [3.8, 4) is 11.5 Å². The molecule has 25 heavy (non-hydrogen) atoms. The molecule has 2 amide bonds. The minimum atomic E-state index is -0.297. The van der Waals surface area contributed by atoms with Crippen molar-refractivity contribution < 1.29 is 23.9 Å². The van der Waals surface area contributed by atoms with Crippen molar-refractivity contribution in [3.63, 3.8) is 0 Å². The molecule has 0 saturated heterocycles. The van der Waals surface area contributed by atoms with E-state index in [1.54, 1.807) is 42.5 Å². The molecule has 0 saturated carbocycles. The lowest BCUT2D eigenvalue weighted by Crippen LogP contribution is -2.25. The number of nitrogens with one attached hydrogen (secondary N) is 1. The van der Waals surface area contributed by atoms with Crippen LogP contribution in [0.2, 0.25) is 0 Å². The first-order valence-corrected chi connectivity index (χ1v) is 7.45. The Bertz CT molecular complexity index is 759.